The van der Waals surface area contributed by atoms with Crippen molar-refractivity contribution in [1.29, 1.82) is 0 Å². The van der Waals surface area contributed by atoms with Crippen LogP contribution in [0.5, 0.6) is 0 Å². The molecular weight excluding hydrogens is 304 g/mol. The van der Waals surface area contributed by atoms with E-state index in [4.69, 9.17) is 0 Å². The molecule has 22 heavy (non-hydrogen) atoms. The van der Waals surface area contributed by atoms with Crippen molar-refractivity contribution in [3.05, 3.63) is 35.4 Å². The minimum atomic E-state index is -3.49. The molecule has 1 unspecified atom stereocenters. The first-order chi connectivity index (χ1) is 10.1. The molecule has 1 aromatic carbocycles. The number of carbonyl (C=O) groups excluding carboxylic acids is 1. The van der Waals surface area contributed by atoms with Gasteiger partial charge in [0, 0.05) is 13.1 Å². The minimum absolute atomic E-state index is 0.304. The molecule has 1 heterocycles. The van der Waals surface area contributed by atoms with Gasteiger partial charge in [0.1, 0.15) is 5.54 Å². The summed E-state index contributed by atoms with van der Waals surface area (Å²) in [7, 11) is -3.49. The van der Waals surface area contributed by atoms with E-state index in [0.717, 1.165) is 17.4 Å². The van der Waals surface area contributed by atoms with E-state index in [9.17, 15) is 18.3 Å². The van der Waals surface area contributed by atoms with Gasteiger partial charge in [-0.3, -0.25) is 4.79 Å². The van der Waals surface area contributed by atoms with Gasteiger partial charge in [0.05, 0.1) is 12.4 Å². The van der Waals surface area contributed by atoms with Crippen LogP contribution in [0.15, 0.2) is 24.3 Å². The Morgan fingerprint density at radius 2 is 2.00 bits per heavy atom. The SMILES string of the molecule is CC(C)(NS(C)(=O)=O)C(=O)N1CCC(O)c2ccccc2C1. The van der Waals surface area contributed by atoms with Gasteiger partial charge < -0.3 is 10.0 Å². The number of amides is 1. The van der Waals surface area contributed by atoms with Crippen LogP contribution in [0.3, 0.4) is 0 Å². The Morgan fingerprint density at radius 1 is 1.36 bits per heavy atom. The number of hydrogen-bond donors (Lipinski definition) is 2. The third kappa shape index (κ3) is 3.85. The number of carbonyl (C=O) groups is 1. The largest absolute Gasteiger partial charge is 0.388 e. The van der Waals surface area contributed by atoms with Gasteiger partial charge in [-0.2, -0.15) is 0 Å². The van der Waals surface area contributed by atoms with Crippen molar-refractivity contribution >= 4 is 15.9 Å². The summed E-state index contributed by atoms with van der Waals surface area (Å²) in [6, 6.07) is 7.45. The Balaban J connectivity index is 2.25. The zero-order valence-electron chi connectivity index (χ0n) is 13.0. The third-order valence-electron chi connectivity index (χ3n) is 3.71. The van der Waals surface area contributed by atoms with Crippen molar-refractivity contribution in [1.82, 2.24) is 9.62 Å². The van der Waals surface area contributed by atoms with E-state index in [1.165, 1.54) is 0 Å². The normalized spacial score (nSPS) is 19.5. The first kappa shape index (κ1) is 16.9. The van der Waals surface area contributed by atoms with Crippen LogP contribution in [-0.2, 0) is 21.4 Å². The van der Waals surface area contributed by atoms with Gasteiger partial charge >= 0.3 is 0 Å². The number of nitrogens with one attached hydrogen (secondary N) is 1. The lowest BCUT2D eigenvalue weighted by Crippen LogP contribution is -2.55. The predicted molar refractivity (Wildman–Crippen MR) is 83.5 cm³/mol. The van der Waals surface area contributed by atoms with Crippen molar-refractivity contribution in [3.8, 4) is 0 Å². The molecule has 0 aliphatic carbocycles. The highest BCUT2D eigenvalue weighted by Crippen LogP contribution is 2.27. The maximum atomic E-state index is 12.7. The molecule has 0 saturated heterocycles. The first-order valence-electron chi connectivity index (χ1n) is 7.14. The second kappa shape index (κ2) is 5.98. The van der Waals surface area contributed by atoms with Crippen molar-refractivity contribution in [3.63, 3.8) is 0 Å². The average Bonchev–Trinajstić information content (AvgIpc) is 2.55. The van der Waals surface area contributed by atoms with Crippen LogP contribution >= 0.6 is 0 Å². The molecule has 2 N–H and O–H groups in total. The highest BCUT2D eigenvalue weighted by Gasteiger charge is 2.36. The van der Waals surface area contributed by atoms with E-state index < -0.39 is 21.7 Å². The Morgan fingerprint density at radius 3 is 2.64 bits per heavy atom. The second-order valence-electron chi connectivity index (χ2n) is 6.23. The van der Waals surface area contributed by atoms with Crippen molar-refractivity contribution in [2.24, 2.45) is 0 Å². The maximum absolute atomic E-state index is 12.7. The van der Waals surface area contributed by atoms with E-state index in [1.807, 2.05) is 24.3 Å². The van der Waals surface area contributed by atoms with Gasteiger partial charge in [0.25, 0.3) is 0 Å². The number of aliphatic hydroxyl groups excluding tert-OH is 1. The molecule has 1 aliphatic heterocycles. The molecule has 6 nitrogen and oxygen atoms in total. The standard InChI is InChI=1S/C15H22N2O4S/c1-15(2,16-22(3,20)21)14(19)17-9-8-13(18)12-7-5-4-6-11(12)10-17/h4-7,13,16,18H,8-10H2,1-3H3. The number of hydrogen-bond acceptors (Lipinski definition) is 4. The highest BCUT2D eigenvalue weighted by atomic mass is 32.2. The van der Waals surface area contributed by atoms with Gasteiger partial charge in [0.2, 0.25) is 15.9 Å². The molecule has 0 spiro atoms. The lowest BCUT2D eigenvalue weighted by molar-refractivity contribution is -0.137. The van der Waals surface area contributed by atoms with Crippen molar-refractivity contribution < 1.29 is 18.3 Å². The molecule has 0 bridgehead atoms. The molecular formula is C15H22N2O4S. The fraction of sp³-hybridized carbons (Fsp3) is 0.533. The molecule has 0 aromatic heterocycles. The summed E-state index contributed by atoms with van der Waals surface area (Å²) in [6.45, 7) is 3.83. The highest BCUT2D eigenvalue weighted by molar-refractivity contribution is 7.88. The summed E-state index contributed by atoms with van der Waals surface area (Å²) in [5.74, 6) is -0.304. The van der Waals surface area contributed by atoms with Crippen molar-refractivity contribution in [2.75, 3.05) is 12.8 Å². The van der Waals surface area contributed by atoms with Crippen LogP contribution < -0.4 is 4.72 Å². The average molecular weight is 326 g/mol. The first-order valence-corrected chi connectivity index (χ1v) is 9.03. The summed E-state index contributed by atoms with van der Waals surface area (Å²) >= 11 is 0. The molecule has 1 aliphatic rings. The molecule has 1 atom stereocenters. The smallest absolute Gasteiger partial charge is 0.243 e. The molecule has 0 saturated carbocycles. The molecule has 7 heteroatoms. The summed E-state index contributed by atoms with van der Waals surface area (Å²) < 4.78 is 25.2. The summed E-state index contributed by atoms with van der Waals surface area (Å²) in [4.78, 5) is 14.3. The fourth-order valence-electron chi connectivity index (χ4n) is 2.80. The van der Waals surface area contributed by atoms with Crippen LogP contribution in [-0.4, -0.2) is 42.7 Å². The van der Waals surface area contributed by atoms with Crippen LogP contribution in [0.1, 0.15) is 37.5 Å². The van der Waals surface area contributed by atoms with Gasteiger partial charge in [-0.15, -0.1) is 0 Å². The van der Waals surface area contributed by atoms with Gasteiger partial charge in [-0.1, -0.05) is 24.3 Å². The number of rotatable bonds is 3. The molecule has 1 amide bonds. The predicted octanol–water partition coefficient (Wildman–Crippen LogP) is 0.780. The Hall–Kier alpha value is -1.44. The van der Waals surface area contributed by atoms with Gasteiger partial charge in [0.15, 0.2) is 0 Å². The van der Waals surface area contributed by atoms with E-state index >= 15 is 0 Å². The monoisotopic (exact) mass is 326 g/mol. The third-order valence-corrected chi connectivity index (χ3v) is 4.59. The summed E-state index contributed by atoms with van der Waals surface area (Å²) in [5, 5.41) is 10.2. The summed E-state index contributed by atoms with van der Waals surface area (Å²) in [5.41, 5.74) is 0.486. The Bertz CT molecular complexity index is 670. The zero-order chi connectivity index (χ0) is 16.5. The quantitative estimate of drug-likeness (QED) is 0.859. The molecule has 122 valence electrons. The molecule has 0 radical (unpaired) electrons. The number of nitrogens with zero attached hydrogens (tertiary/aromatic N) is 1. The Labute approximate surface area is 131 Å². The molecule has 1 aromatic rings. The van der Waals surface area contributed by atoms with E-state index in [1.54, 1.807) is 18.7 Å². The van der Waals surface area contributed by atoms with E-state index in [0.29, 0.717) is 19.5 Å². The summed E-state index contributed by atoms with van der Waals surface area (Å²) in [6.07, 6.45) is 0.848. The van der Waals surface area contributed by atoms with Gasteiger partial charge in [-0.25, -0.2) is 13.1 Å². The number of fused-ring (bicyclic) bond motifs is 1. The number of benzene rings is 1. The number of sulfonamides is 1. The minimum Gasteiger partial charge on any atom is -0.388 e. The van der Waals surface area contributed by atoms with E-state index in [2.05, 4.69) is 4.72 Å². The zero-order valence-corrected chi connectivity index (χ0v) is 13.9. The maximum Gasteiger partial charge on any atom is 0.243 e. The fourth-order valence-corrected chi connectivity index (χ4v) is 3.81. The van der Waals surface area contributed by atoms with Crippen LogP contribution in [0.4, 0.5) is 0 Å². The van der Waals surface area contributed by atoms with Gasteiger partial charge in [-0.05, 0) is 31.4 Å². The molecule has 0 fully saturated rings. The topological polar surface area (TPSA) is 86.7 Å². The van der Waals surface area contributed by atoms with Crippen LogP contribution in [0, 0.1) is 0 Å². The number of aliphatic hydroxyl groups is 1. The van der Waals surface area contributed by atoms with Crippen molar-refractivity contribution in [2.45, 2.75) is 38.5 Å². The van der Waals surface area contributed by atoms with Crippen LogP contribution in [0.2, 0.25) is 0 Å². The molecule has 2 rings (SSSR count). The Kier molecular flexibility index (Phi) is 4.60. The second-order valence-corrected chi connectivity index (χ2v) is 7.98. The lowest BCUT2D eigenvalue weighted by Gasteiger charge is -2.31. The van der Waals surface area contributed by atoms with Crippen LogP contribution in [0.25, 0.3) is 0 Å². The lowest BCUT2D eigenvalue weighted by atomic mass is 10.0. The van der Waals surface area contributed by atoms with E-state index in [-0.39, 0.29) is 5.91 Å².